The Kier molecular flexibility index (Phi) is 3.00. The molecule has 0 saturated carbocycles. The Morgan fingerprint density at radius 3 is 3.09 bits per heavy atom. The Balaban J connectivity index is 2.29. The monoisotopic (exact) mass is 156 g/mol. The van der Waals surface area contributed by atoms with Crippen LogP contribution in [0.2, 0.25) is 0 Å². The highest BCUT2D eigenvalue weighted by molar-refractivity contribution is 4.88. The molecule has 0 amide bonds. The van der Waals surface area contributed by atoms with Crippen molar-refractivity contribution < 1.29 is 4.92 Å². The van der Waals surface area contributed by atoms with Gasteiger partial charge in [-0.25, -0.2) is 5.32 Å². The van der Waals surface area contributed by atoms with E-state index in [1.807, 2.05) is 0 Å². The van der Waals surface area contributed by atoms with Gasteiger partial charge in [-0.3, -0.25) is 15.4 Å². The minimum Gasteiger partial charge on any atom is -0.297 e. The fourth-order valence-corrected chi connectivity index (χ4v) is 0.905. The van der Waals surface area contributed by atoms with Gasteiger partial charge in [0.15, 0.2) is 0 Å². The maximum Gasteiger partial charge on any atom is 0.233 e. The SMILES string of the molecule is O=[N+]([O-])C=CC1[N]CCCN1. The highest BCUT2D eigenvalue weighted by atomic mass is 16.6. The Morgan fingerprint density at radius 2 is 2.55 bits per heavy atom. The van der Waals surface area contributed by atoms with Crippen LogP contribution in [0.25, 0.3) is 0 Å². The van der Waals surface area contributed by atoms with Crippen molar-refractivity contribution in [1.82, 2.24) is 10.6 Å². The predicted octanol–water partition coefficient (Wildman–Crippen LogP) is -0.299. The smallest absolute Gasteiger partial charge is 0.233 e. The van der Waals surface area contributed by atoms with Crippen LogP contribution in [0, 0.1) is 10.1 Å². The molecule has 0 aromatic rings. The van der Waals surface area contributed by atoms with E-state index < -0.39 is 4.92 Å². The molecule has 1 N–H and O–H groups in total. The molecule has 5 heteroatoms. The van der Waals surface area contributed by atoms with Crippen molar-refractivity contribution in [2.24, 2.45) is 0 Å². The van der Waals surface area contributed by atoms with Crippen LogP contribution in [-0.4, -0.2) is 24.2 Å². The zero-order chi connectivity index (χ0) is 8.10. The molecular weight excluding hydrogens is 146 g/mol. The largest absolute Gasteiger partial charge is 0.297 e. The zero-order valence-electron chi connectivity index (χ0n) is 6.06. The van der Waals surface area contributed by atoms with Crippen molar-refractivity contribution in [2.75, 3.05) is 13.1 Å². The molecule has 1 aliphatic rings. The average molecular weight is 156 g/mol. The molecule has 1 radical (unpaired) electrons. The molecule has 1 unspecified atom stereocenters. The molecule has 1 heterocycles. The van der Waals surface area contributed by atoms with Crippen molar-refractivity contribution in [1.29, 1.82) is 0 Å². The molecule has 0 spiro atoms. The number of nitro groups is 1. The highest BCUT2D eigenvalue weighted by Gasteiger charge is 2.09. The summed E-state index contributed by atoms with van der Waals surface area (Å²) in [4.78, 5) is 9.41. The summed E-state index contributed by atoms with van der Waals surface area (Å²) in [5.41, 5.74) is 0. The molecular formula is C6H10N3O2. The van der Waals surface area contributed by atoms with E-state index in [0.29, 0.717) is 0 Å². The summed E-state index contributed by atoms with van der Waals surface area (Å²) < 4.78 is 0. The third-order valence-electron chi connectivity index (χ3n) is 1.40. The van der Waals surface area contributed by atoms with Crippen LogP contribution in [0.3, 0.4) is 0 Å². The van der Waals surface area contributed by atoms with Crippen LogP contribution in [0.4, 0.5) is 0 Å². The van der Waals surface area contributed by atoms with E-state index in [1.54, 1.807) is 0 Å². The first-order valence-corrected chi connectivity index (χ1v) is 3.51. The van der Waals surface area contributed by atoms with Crippen molar-refractivity contribution in [3.05, 3.63) is 22.4 Å². The van der Waals surface area contributed by atoms with Gasteiger partial charge in [-0.05, 0) is 13.0 Å². The molecule has 1 saturated heterocycles. The molecule has 0 bridgehead atoms. The fourth-order valence-electron chi connectivity index (χ4n) is 0.905. The van der Waals surface area contributed by atoms with E-state index in [2.05, 4.69) is 10.6 Å². The van der Waals surface area contributed by atoms with Crippen LogP contribution >= 0.6 is 0 Å². The van der Waals surface area contributed by atoms with E-state index >= 15 is 0 Å². The van der Waals surface area contributed by atoms with Gasteiger partial charge in [0, 0.05) is 12.6 Å². The summed E-state index contributed by atoms with van der Waals surface area (Å²) in [5, 5.41) is 17.0. The number of nitrogens with one attached hydrogen (secondary N) is 1. The van der Waals surface area contributed by atoms with Gasteiger partial charge < -0.3 is 0 Å². The van der Waals surface area contributed by atoms with Gasteiger partial charge in [0.05, 0.1) is 11.1 Å². The molecule has 5 nitrogen and oxygen atoms in total. The van der Waals surface area contributed by atoms with Gasteiger partial charge in [-0.2, -0.15) is 0 Å². The van der Waals surface area contributed by atoms with Crippen LogP contribution in [0.1, 0.15) is 6.42 Å². The van der Waals surface area contributed by atoms with Gasteiger partial charge in [-0.15, -0.1) is 0 Å². The van der Waals surface area contributed by atoms with Gasteiger partial charge in [0.25, 0.3) is 0 Å². The quantitative estimate of drug-likeness (QED) is 0.441. The Bertz CT molecular complexity index is 163. The maximum absolute atomic E-state index is 9.89. The lowest BCUT2D eigenvalue weighted by Crippen LogP contribution is -2.42. The molecule has 11 heavy (non-hydrogen) atoms. The number of rotatable bonds is 2. The summed E-state index contributed by atoms with van der Waals surface area (Å²) in [6.07, 6.45) is 3.24. The fraction of sp³-hybridized carbons (Fsp3) is 0.667. The van der Waals surface area contributed by atoms with Crippen LogP contribution in [0.15, 0.2) is 12.3 Å². The van der Waals surface area contributed by atoms with E-state index in [9.17, 15) is 10.1 Å². The predicted molar refractivity (Wildman–Crippen MR) is 39.5 cm³/mol. The third kappa shape index (κ3) is 3.10. The topological polar surface area (TPSA) is 69.3 Å². The molecule has 61 valence electrons. The molecule has 0 aromatic heterocycles. The maximum atomic E-state index is 9.89. The van der Waals surface area contributed by atoms with Crippen LogP contribution in [-0.2, 0) is 0 Å². The van der Waals surface area contributed by atoms with Gasteiger partial charge in [-0.1, -0.05) is 0 Å². The highest BCUT2D eigenvalue weighted by Crippen LogP contribution is 1.92. The molecule has 0 aliphatic carbocycles. The van der Waals surface area contributed by atoms with Crippen molar-refractivity contribution in [3.8, 4) is 0 Å². The van der Waals surface area contributed by atoms with Crippen molar-refractivity contribution in [3.63, 3.8) is 0 Å². The minimum absolute atomic E-state index is 0.158. The lowest BCUT2D eigenvalue weighted by Gasteiger charge is -2.18. The summed E-state index contributed by atoms with van der Waals surface area (Å²) >= 11 is 0. The molecule has 1 fully saturated rings. The van der Waals surface area contributed by atoms with Crippen molar-refractivity contribution >= 4 is 0 Å². The van der Waals surface area contributed by atoms with Crippen molar-refractivity contribution in [2.45, 2.75) is 12.6 Å². The second kappa shape index (κ2) is 4.05. The second-order valence-electron chi connectivity index (χ2n) is 2.29. The Labute approximate surface area is 64.6 Å². The lowest BCUT2D eigenvalue weighted by atomic mass is 10.3. The summed E-state index contributed by atoms with van der Waals surface area (Å²) in [6.45, 7) is 1.68. The lowest BCUT2D eigenvalue weighted by molar-refractivity contribution is -0.402. The first-order valence-electron chi connectivity index (χ1n) is 3.51. The van der Waals surface area contributed by atoms with Gasteiger partial charge in [0.2, 0.25) is 6.20 Å². The van der Waals surface area contributed by atoms with Crippen LogP contribution in [0.5, 0.6) is 0 Å². The number of hydrogen-bond acceptors (Lipinski definition) is 3. The average Bonchev–Trinajstić information content (AvgIpc) is 2.03. The standard InChI is InChI=1S/C6H10N3O2/c10-9(11)5-2-6-7-3-1-4-8-6/h2,5-7H,1,3-4H2. The Morgan fingerprint density at radius 1 is 1.73 bits per heavy atom. The van der Waals surface area contributed by atoms with Gasteiger partial charge >= 0.3 is 0 Å². The van der Waals surface area contributed by atoms with Crippen LogP contribution < -0.4 is 10.6 Å². The first kappa shape index (κ1) is 8.16. The van der Waals surface area contributed by atoms with E-state index in [0.717, 1.165) is 25.7 Å². The third-order valence-corrected chi connectivity index (χ3v) is 1.40. The van der Waals surface area contributed by atoms with E-state index in [-0.39, 0.29) is 6.17 Å². The molecule has 1 rings (SSSR count). The van der Waals surface area contributed by atoms with E-state index in [4.69, 9.17) is 0 Å². The van der Waals surface area contributed by atoms with E-state index in [1.165, 1.54) is 6.08 Å². The first-order chi connectivity index (χ1) is 5.29. The van der Waals surface area contributed by atoms with Gasteiger partial charge in [0.1, 0.15) is 0 Å². The normalized spacial score (nSPS) is 20.7. The molecule has 0 aromatic carbocycles. The number of hydrogen-bond donors (Lipinski definition) is 1. The molecule has 1 aliphatic heterocycles. The number of nitrogens with zero attached hydrogens (tertiary/aromatic N) is 2. The molecule has 1 atom stereocenters. The Hall–Kier alpha value is -0.940. The summed E-state index contributed by atoms with van der Waals surface area (Å²) in [5.74, 6) is 0. The minimum atomic E-state index is -0.480. The summed E-state index contributed by atoms with van der Waals surface area (Å²) in [7, 11) is 0. The zero-order valence-corrected chi connectivity index (χ0v) is 6.06. The second-order valence-corrected chi connectivity index (χ2v) is 2.29. The summed E-state index contributed by atoms with van der Waals surface area (Å²) in [6, 6.07) is 0.